The predicted molar refractivity (Wildman–Crippen MR) is 85.3 cm³/mol. The first-order valence-corrected chi connectivity index (χ1v) is 7.32. The van der Waals surface area contributed by atoms with Gasteiger partial charge in [-0.15, -0.1) is 0 Å². The highest BCUT2D eigenvalue weighted by Gasteiger charge is 2.15. The minimum absolute atomic E-state index is 0.343. The highest BCUT2D eigenvalue weighted by molar-refractivity contribution is 6.30. The lowest BCUT2D eigenvalue weighted by molar-refractivity contribution is 0.144. The lowest BCUT2D eigenvalue weighted by Gasteiger charge is -2.06. The summed E-state index contributed by atoms with van der Waals surface area (Å²) in [4.78, 5) is 8.59. The smallest absolute Gasteiger partial charge is 0.263 e. The Labute approximate surface area is 138 Å². The molecule has 0 amide bonds. The van der Waals surface area contributed by atoms with Crippen LogP contribution in [-0.2, 0) is 4.74 Å². The first kappa shape index (κ1) is 15.5. The van der Waals surface area contributed by atoms with Crippen LogP contribution in [0.1, 0.15) is 0 Å². The number of halogens is 1. The van der Waals surface area contributed by atoms with Crippen LogP contribution in [0.15, 0.2) is 47.1 Å². The largest absolute Gasteiger partial charge is 0.475 e. The summed E-state index contributed by atoms with van der Waals surface area (Å²) in [6.07, 6.45) is 1.64. The van der Waals surface area contributed by atoms with E-state index in [0.29, 0.717) is 41.4 Å². The van der Waals surface area contributed by atoms with Gasteiger partial charge in [0, 0.05) is 23.9 Å². The fourth-order valence-corrected chi connectivity index (χ4v) is 2.07. The number of hydrogen-bond donors (Lipinski definition) is 0. The van der Waals surface area contributed by atoms with Crippen molar-refractivity contribution in [1.29, 1.82) is 0 Å². The summed E-state index contributed by atoms with van der Waals surface area (Å²) in [5.41, 5.74) is 1.45. The number of ether oxygens (including phenoxy) is 2. The molecule has 0 radical (unpaired) electrons. The number of methoxy groups -OCH3 is 1. The molecule has 0 saturated carbocycles. The van der Waals surface area contributed by atoms with Crippen molar-refractivity contribution < 1.29 is 14.0 Å². The van der Waals surface area contributed by atoms with Crippen LogP contribution >= 0.6 is 11.6 Å². The third-order valence-corrected chi connectivity index (χ3v) is 3.31. The van der Waals surface area contributed by atoms with Gasteiger partial charge in [-0.25, -0.2) is 4.98 Å². The van der Waals surface area contributed by atoms with Gasteiger partial charge in [0.25, 0.3) is 5.89 Å². The van der Waals surface area contributed by atoms with Crippen molar-refractivity contribution >= 4 is 11.6 Å². The molecule has 1 aromatic carbocycles. The predicted octanol–water partition coefficient (Wildman–Crippen LogP) is 3.48. The minimum Gasteiger partial charge on any atom is -0.475 e. The van der Waals surface area contributed by atoms with E-state index in [1.165, 1.54) is 0 Å². The molecule has 3 rings (SSSR count). The molecule has 0 spiro atoms. The monoisotopic (exact) mass is 331 g/mol. The van der Waals surface area contributed by atoms with E-state index < -0.39 is 0 Å². The van der Waals surface area contributed by atoms with Crippen LogP contribution in [0, 0.1) is 0 Å². The number of nitrogens with zero attached hydrogens (tertiary/aromatic N) is 3. The summed E-state index contributed by atoms with van der Waals surface area (Å²) in [7, 11) is 1.61. The van der Waals surface area contributed by atoms with Crippen LogP contribution in [0.4, 0.5) is 0 Å². The Bertz CT molecular complexity index is 774. The van der Waals surface area contributed by atoms with Gasteiger partial charge in [0.1, 0.15) is 12.2 Å². The fraction of sp³-hybridized carbons (Fsp3) is 0.188. The van der Waals surface area contributed by atoms with E-state index in [-0.39, 0.29) is 0 Å². The topological polar surface area (TPSA) is 70.3 Å². The molecular formula is C16H14ClN3O3. The molecule has 2 heterocycles. The SMILES string of the molecule is COCCOc1ncccc1-c1nc(-c2ccc(Cl)cc2)no1. The molecule has 118 valence electrons. The maximum atomic E-state index is 5.88. The van der Waals surface area contributed by atoms with Gasteiger partial charge < -0.3 is 14.0 Å². The van der Waals surface area contributed by atoms with E-state index in [2.05, 4.69) is 15.1 Å². The van der Waals surface area contributed by atoms with Gasteiger partial charge in [0.05, 0.1) is 6.61 Å². The molecule has 0 fully saturated rings. The molecule has 0 aliphatic rings. The molecule has 6 nitrogen and oxygen atoms in total. The minimum atomic E-state index is 0.343. The van der Waals surface area contributed by atoms with Crippen molar-refractivity contribution in [3.63, 3.8) is 0 Å². The van der Waals surface area contributed by atoms with Crippen LogP contribution in [0.3, 0.4) is 0 Å². The maximum absolute atomic E-state index is 5.88. The first-order valence-electron chi connectivity index (χ1n) is 6.94. The molecule has 0 bridgehead atoms. The van der Waals surface area contributed by atoms with Crippen LogP contribution in [-0.4, -0.2) is 35.4 Å². The van der Waals surface area contributed by atoms with Gasteiger partial charge in [-0.1, -0.05) is 16.8 Å². The first-order chi connectivity index (χ1) is 11.3. The molecule has 0 aliphatic carbocycles. The average molecular weight is 332 g/mol. The Morgan fingerprint density at radius 1 is 1.13 bits per heavy atom. The molecule has 0 atom stereocenters. The summed E-state index contributed by atoms with van der Waals surface area (Å²) < 4.78 is 15.9. The van der Waals surface area contributed by atoms with Gasteiger partial charge >= 0.3 is 0 Å². The highest BCUT2D eigenvalue weighted by Crippen LogP contribution is 2.28. The second-order valence-electron chi connectivity index (χ2n) is 4.63. The fourth-order valence-electron chi connectivity index (χ4n) is 1.94. The van der Waals surface area contributed by atoms with Crippen molar-refractivity contribution in [2.24, 2.45) is 0 Å². The van der Waals surface area contributed by atoms with E-state index >= 15 is 0 Å². The maximum Gasteiger partial charge on any atom is 0.263 e. The number of pyridine rings is 1. The van der Waals surface area contributed by atoms with Gasteiger partial charge in [0.2, 0.25) is 11.7 Å². The number of hydrogen-bond acceptors (Lipinski definition) is 6. The summed E-state index contributed by atoms with van der Waals surface area (Å²) in [5, 5.41) is 4.64. The standard InChI is InChI=1S/C16H14ClN3O3/c1-21-9-10-22-15-13(3-2-8-18-15)16-19-14(20-23-16)11-4-6-12(17)7-5-11/h2-8H,9-10H2,1H3. The molecule has 0 N–H and O–H groups in total. The average Bonchev–Trinajstić information content (AvgIpc) is 3.06. The van der Waals surface area contributed by atoms with Crippen LogP contribution in [0.5, 0.6) is 5.88 Å². The van der Waals surface area contributed by atoms with Crippen molar-refractivity contribution in [3.8, 4) is 28.7 Å². The lowest BCUT2D eigenvalue weighted by Crippen LogP contribution is -2.06. The molecule has 0 saturated heterocycles. The van der Waals surface area contributed by atoms with Crippen LogP contribution in [0.25, 0.3) is 22.8 Å². The summed E-state index contributed by atoms with van der Waals surface area (Å²) >= 11 is 5.88. The van der Waals surface area contributed by atoms with Gasteiger partial charge in [-0.2, -0.15) is 4.98 Å². The molecule has 2 aromatic heterocycles. The third kappa shape index (κ3) is 3.67. The molecule has 0 unspecified atom stereocenters. The molecule has 23 heavy (non-hydrogen) atoms. The van der Waals surface area contributed by atoms with E-state index in [4.69, 9.17) is 25.6 Å². The summed E-state index contributed by atoms with van der Waals surface area (Å²) in [6, 6.07) is 10.8. The summed E-state index contributed by atoms with van der Waals surface area (Å²) in [5.74, 6) is 1.25. The van der Waals surface area contributed by atoms with Gasteiger partial charge in [0.15, 0.2) is 0 Å². The second kappa shape index (κ2) is 7.21. The number of aromatic nitrogens is 3. The second-order valence-corrected chi connectivity index (χ2v) is 5.06. The zero-order valence-electron chi connectivity index (χ0n) is 12.4. The Morgan fingerprint density at radius 3 is 2.74 bits per heavy atom. The van der Waals surface area contributed by atoms with Crippen LogP contribution < -0.4 is 4.74 Å². The zero-order valence-corrected chi connectivity index (χ0v) is 13.2. The quantitative estimate of drug-likeness (QED) is 0.644. The van der Waals surface area contributed by atoms with E-state index in [1.54, 1.807) is 31.5 Å². The zero-order chi connectivity index (χ0) is 16.1. The molecule has 0 aliphatic heterocycles. The molecule has 3 aromatic rings. The van der Waals surface area contributed by atoms with Crippen molar-refractivity contribution in [1.82, 2.24) is 15.1 Å². The Hall–Kier alpha value is -2.44. The Balaban J connectivity index is 1.87. The number of benzene rings is 1. The Kier molecular flexibility index (Phi) is 4.85. The lowest BCUT2D eigenvalue weighted by atomic mass is 10.2. The van der Waals surface area contributed by atoms with Crippen molar-refractivity contribution in [2.45, 2.75) is 0 Å². The third-order valence-electron chi connectivity index (χ3n) is 3.06. The van der Waals surface area contributed by atoms with Gasteiger partial charge in [-0.05, 0) is 36.4 Å². The highest BCUT2D eigenvalue weighted by atomic mass is 35.5. The normalized spacial score (nSPS) is 10.7. The van der Waals surface area contributed by atoms with Crippen molar-refractivity contribution in [3.05, 3.63) is 47.6 Å². The summed E-state index contributed by atoms with van der Waals surface area (Å²) in [6.45, 7) is 0.856. The van der Waals surface area contributed by atoms with E-state index in [9.17, 15) is 0 Å². The Morgan fingerprint density at radius 2 is 1.96 bits per heavy atom. The van der Waals surface area contributed by atoms with E-state index in [0.717, 1.165) is 5.56 Å². The molecule has 7 heteroatoms. The van der Waals surface area contributed by atoms with E-state index in [1.807, 2.05) is 18.2 Å². The molecular weight excluding hydrogens is 318 g/mol. The van der Waals surface area contributed by atoms with Gasteiger partial charge in [-0.3, -0.25) is 0 Å². The van der Waals surface area contributed by atoms with Crippen LogP contribution in [0.2, 0.25) is 5.02 Å². The number of rotatable bonds is 6. The van der Waals surface area contributed by atoms with Crippen molar-refractivity contribution in [2.75, 3.05) is 20.3 Å².